The van der Waals surface area contributed by atoms with Gasteiger partial charge < -0.3 is 9.72 Å². The van der Waals surface area contributed by atoms with Crippen molar-refractivity contribution in [2.75, 3.05) is 6.61 Å². The molecule has 1 heterocycles. The first-order valence-corrected chi connectivity index (χ1v) is 6.85. The number of H-pyrrole nitrogens is 1. The molecule has 0 radical (unpaired) electrons. The van der Waals surface area contributed by atoms with Crippen molar-refractivity contribution >= 4 is 27.8 Å². The second kappa shape index (κ2) is 5.00. The molecule has 1 aromatic heterocycles. The maximum absolute atomic E-state index is 11.6. The zero-order chi connectivity index (χ0) is 14.1. The Bertz CT molecular complexity index is 786. The third-order valence-corrected chi connectivity index (χ3v) is 3.69. The van der Waals surface area contributed by atoms with Gasteiger partial charge in [0.15, 0.2) is 0 Å². The number of nitrogens with one attached hydrogen (secondary N) is 1. The van der Waals surface area contributed by atoms with Gasteiger partial charge in [0.25, 0.3) is 0 Å². The van der Waals surface area contributed by atoms with Crippen LogP contribution in [0.15, 0.2) is 36.4 Å². The lowest BCUT2D eigenvalue weighted by atomic mass is 10.0. The molecule has 0 saturated carbocycles. The van der Waals surface area contributed by atoms with Crippen LogP contribution >= 0.6 is 0 Å². The minimum absolute atomic E-state index is 0.175. The van der Waals surface area contributed by atoms with E-state index in [1.807, 2.05) is 32.0 Å². The number of hydrogen-bond acceptors (Lipinski definition) is 2. The van der Waals surface area contributed by atoms with Crippen LogP contribution in [0.25, 0.3) is 21.8 Å². The highest BCUT2D eigenvalue weighted by molar-refractivity contribution is 6.08. The molecule has 0 aliphatic carbocycles. The number of hydrogen-bond donors (Lipinski definition) is 1. The average molecular weight is 267 g/mol. The van der Waals surface area contributed by atoms with Crippen molar-refractivity contribution < 1.29 is 9.53 Å². The van der Waals surface area contributed by atoms with E-state index in [0.29, 0.717) is 13.0 Å². The number of esters is 1. The van der Waals surface area contributed by atoms with Gasteiger partial charge in [0.05, 0.1) is 13.0 Å². The van der Waals surface area contributed by atoms with Crippen molar-refractivity contribution in [2.24, 2.45) is 0 Å². The van der Waals surface area contributed by atoms with E-state index in [1.54, 1.807) is 0 Å². The third kappa shape index (κ3) is 2.05. The fourth-order valence-electron chi connectivity index (χ4n) is 2.66. The smallest absolute Gasteiger partial charge is 0.310 e. The van der Waals surface area contributed by atoms with Crippen molar-refractivity contribution in [3.05, 3.63) is 47.5 Å². The lowest BCUT2D eigenvalue weighted by Gasteiger charge is -2.06. The van der Waals surface area contributed by atoms with Crippen LogP contribution in [-0.2, 0) is 16.0 Å². The number of aromatic nitrogens is 1. The number of ether oxygens (including phenoxy) is 1. The highest BCUT2D eigenvalue weighted by Gasteiger charge is 2.12. The number of carbonyl (C=O) groups is 1. The molecule has 0 aliphatic heterocycles. The molecule has 3 aromatic rings. The summed E-state index contributed by atoms with van der Waals surface area (Å²) in [7, 11) is 0. The first kappa shape index (κ1) is 12.7. The van der Waals surface area contributed by atoms with Crippen molar-refractivity contribution in [3.8, 4) is 0 Å². The number of para-hydroxylation sites is 1. The molecule has 20 heavy (non-hydrogen) atoms. The minimum Gasteiger partial charge on any atom is -0.466 e. The van der Waals surface area contributed by atoms with Crippen molar-refractivity contribution in [1.29, 1.82) is 0 Å². The number of rotatable bonds is 3. The number of fused-ring (bicyclic) bond motifs is 3. The molecule has 3 heteroatoms. The van der Waals surface area contributed by atoms with Gasteiger partial charge >= 0.3 is 5.97 Å². The zero-order valence-corrected chi connectivity index (χ0v) is 11.7. The summed E-state index contributed by atoms with van der Waals surface area (Å²) in [6, 6.07) is 12.3. The normalized spacial score (nSPS) is 11.1. The molecule has 0 atom stereocenters. The number of aryl methyl sites for hydroxylation is 1. The molecule has 0 amide bonds. The molecule has 0 fully saturated rings. The predicted octanol–water partition coefficient (Wildman–Crippen LogP) is 3.74. The van der Waals surface area contributed by atoms with Gasteiger partial charge in [-0.15, -0.1) is 0 Å². The van der Waals surface area contributed by atoms with E-state index >= 15 is 0 Å². The standard InChI is InChI=1S/C17H17NO2/c1-3-20-16(19)10-12-8-9-14-13-6-4-5-7-15(13)18-17(14)11(12)2/h4-9,18H,3,10H2,1-2H3. The lowest BCUT2D eigenvalue weighted by molar-refractivity contribution is -0.142. The molecule has 102 valence electrons. The Balaban J connectivity index is 2.11. The number of aromatic amines is 1. The van der Waals surface area contributed by atoms with Crippen molar-refractivity contribution in [3.63, 3.8) is 0 Å². The summed E-state index contributed by atoms with van der Waals surface area (Å²) in [6.07, 6.45) is 0.324. The van der Waals surface area contributed by atoms with Crippen molar-refractivity contribution in [2.45, 2.75) is 20.3 Å². The third-order valence-electron chi connectivity index (χ3n) is 3.69. The first-order valence-electron chi connectivity index (χ1n) is 6.85. The number of benzene rings is 2. The van der Waals surface area contributed by atoms with Crippen LogP contribution in [0.4, 0.5) is 0 Å². The van der Waals surface area contributed by atoms with Gasteiger partial charge in [-0.2, -0.15) is 0 Å². The molecule has 0 saturated heterocycles. The van der Waals surface area contributed by atoms with Crippen molar-refractivity contribution in [1.82, 2.24) is 4.98 Å². The van der Waals surface area contributed by atoms with Crippen LogP contribution in [0.3, 0.4) is 0 Å². The fourth-order valence-corrected chi connectivity index (χ4v) is 2.66. The molecule has 3 nitrogen and oxygen atoms in total. The van der Waals surface area contributed by atoms with E-state index < -0.39 is 0 Å². The van der Waals surface area contributed by atoms with Gasteiger partial charge in [-0.25, -0.2) is 0 Å². The Kier molecular flexibility index (Phi) is 3.18. The minimum atomic E-state index is -0.175. The van der Waals surface area contributed by atoms with Crippen LogP contribution in [-0.4, -0.2) is 17.6 Å². The van der Waals surface area contributed by atoms with E-state index in [0.717, 1.165) is 22.2 Å². The summed E-state index contributed by atoms with van der Waals surface area (Å²) in [4.78, 5) is 15.1. The Morgan fingerprint density at radius 1 is 1.15 bits per heavy atom. The van der Waals surface area contributed by atoms with E-state index in [2.05, 4.69) is 23.2 Å². The molecular weight excluding hydrogens is 250 g/mol. The highest BCUT2D eigenvalue weighted by atomic mass is 16.5. The van der Waals surface area contributed by atoms with Gasteiger partial charge in [0.2, 0.25) is 0 Å². The van der Waals surface area contributed by atoms with E-state index in [9.17, 15) is 4.79 Å². The molecule has 0 bridgehead atoms. The van der Waals surface area contributed by atoms with Crippen LogP contribution < -0.4 is 0 Å². The summed E-state index contributed by atoms with van der Waals surface area (Å²) in [5.74, 6) is -0.175. The lowest BCUT2D eigenvalue weighted by Crippen LogP contribution is -2.08. The summed E-state index contributed by atoms with van der Waals surface area (Å²) < 4.78 is 5.02. The van der Waals surface area contributed by atoms with Gasteiger partial charge in [0, 0.05) is 21.8 Å². The SMILES string of the molecule is CCOC(=O)Cc1ccc2c([nH]c3ccccc32)c1C. The maximum Gasteiger partial charge on any atom is 0.310 e. The van der Waals surface area contributed by atoms with Crippen LogP contribution in [0.1, 0.15) is 18.1 Å². The summed E-state index contributed by atoms with van der Waals surface area (Å²) >= 11 is 0. The van der Waals surface area contributed by atoms with Gasteiger partial charge in [0.1, 0.15) is 0 Å². The van der Waals surface area contributed by atoms with Crippen LogP contribution in [0.2, 0.25) is 0 Å². The molecular formula is C17H17NO2. The average Bonchev–Trinajstić information content (AvgIpc) is 2.82. The maximum atomic E-state index is 11.6. The molecule has 0 spiro atoms. The molecule has 3 rings (SSSR count). The summed E-state index contributed by atoms with van der Waals surface area (Å²) in [5, 5.41) is 2.42. The second-order valence-corrected chi connectivity index (χ2v) is 4.92. The largest absolute Gasteiger partial charge is 0.466 e. The summed E-state index contributed by atoms with van der Waals surface area (Å²) in [5.41, 5.74) is 4.36. The summed E-state index contributed by atoms with van der Waals surface area (Å²) in [6.45, 7) is 4.30. The fraction of sp³-hybridized carbons (Fsp3) is 0.235. The molecule has 2 aromatic carbocycles. The van der Waals surface area contributed by atoms with Crippen LogP contribution in [0, 0.1) is 6.92 Å². The van der Waals surface area contributed by atoms with E-state index in [1.165, 1.54) is 10.8 Å². The van der Waals surface area contributed by atoms with Gasteiger partial charge in [-0.05, 0) is 31.0 Å². The highest BCUT2D eigenvalue weighted by Crippen LogP contribution is 2.29. The predicted molar refractivity (Wildman–Crippen MR) is 80.9 cm³/mol. The number of carbonyl (C=O) groups excluding carboxylic acids is 1. The van der Waals surface area contributed by atoms with Crippen LogP contribution in [0.5, 0.6) is 0 Å². The molecule has 0 unspecified atom stereocenters. The molecule has 1 N–H and O–H groups in total. The Morgan fingerprint density at radius 3 is 2.75 bits per heavy atom. The Morgan fingerprint density at radius 2 is 1.95 bits per heavy atom. The van der Waals surface area contributed by atoms with Gasteiger partial charge in [-0.1, -0.05) is 30.3 Å². The first-order chi connectivity index (χ1) is 9.70. The van der Waals surface area contributed by atoms with E-state index in [-0.39, 0.29) is 5.97 Å². The van der Waals surface area contributed by atoms with Gasteiger partial charge in [-0.3, -0.25) is 4.79 Å². The second-order valence-electron chi connectivity index (χ2n) is 4.92. The van der Waals surface area contributed by atoms with E-state index in [4.69, 9.17) is 4.74 Å². The molecule has 0 aliphatic rings. The zero-order valence-electron chi connectivity index (χ0n) is 11.7. The monoisotopic (exact) mass is 267 g/mol. The Labute approximate surface area is 117 Å². The topological polar surface area (TPSA) is 42.1 Å². The Hall–Kier alpha value is -2.29. The quantitative estimate of drug-likeness (QED) is 0.735.